The number of phenols is 3. The van der Waals surface area contributed by atoms with E-state index in [4.69, 9.17) is 23.4 Å². The van der Waals surface area contributed by atoms with Crippen LogP contribution in [0.15, 0.2) is 45.6 Å². The maximum Gasteiger partial charge on any atom is 0.361 e. The molecule has 6 rings (SSSR count). The summed E-state index contributed by atoms with van der Waals surface area (Å²) in [5.41, 5.74) is 3.11. The van der Waals surface area contributed by atoms with Crippen LogP contribution in [0.2, 0.25) is 0 Å². The Morgan fingerprint density at radius 3 is 2.26 bits per heavy atom. The van der Waals surface area contributed by atoms with Gasteiger partial charge in [0.15, 0.2) is 34.5 Å². The van der Waals surface area contributed by atoms with Gasteiger partial charge in [0.05, 0.1) is 34.1 Å². The minimum atomic E-state index is -0.589. The Kier molecular flexibility index (Phi) is 5.49. The summed E-state index contributed by atoms with van der Waals surface area (Å²) in [6, 6.07) is 9.66. The summed E-state index contributed by atoms with van der Waals surface area (Å²) in [5.74, 6) is 0.746. The van der Waals surface area contributed by atoms with Crippen molar-refractivity contribution in [3.63, 3.8) is 0 Å². The average Bonchev–Trinajstić information content (AvgIpc) is 3.29. The highest BCUT2D eigenvalue weighted by Crippen LogP contribution is 2.52. The molecule has 0 fully saturated rings. The standard InChI is InChI=1S/C29H25NO9/c1-35-20-9-13(5-6-17(20)31)23-24-16-11-21(36-2)18(32)12-19(16)39-29(34)26(24)30-8-7-14-15(25(23)30)10-22(37-3)28(38-4)27(14)33/h5-6,9-12,31-33H,7-8H2,1-4H3. The van der Waals surface area contributed by atoms with E-state index in [0.717, 1.165) is 0 Å². The highest BCUT2D eigenvalue weighted by molar-refractivity contribution is 6.17. The van der Waals surface area contributed by atoms with Crippen molar-refractivity contribution in [2.75, 3.05) is 28.4 Å². The second kappa shape index (κ2) is 8.80. The second-order valence-corrected chi connectivity index (χ2v) is 9.13. The van der Waals surface area contributed by atoms with Crippen LogP contribution in [-0.4, -0.2) is 48.3 Å². The number of aromatic nitrogens is 1. The van der Waals surface area contributed by atoms with E-state index in [-0.39, 0.29) is 40.1 Å². The van der Waals surface area contributed by atoms with Gasteiger partial charge in [-0.1, -0.05) is 6.07 Å². The van der Waals surface area contributed by atoms with Gasteiger partial charge >= 0.3 is 5.63 Å². The summed E-state index contributed by atoms with van der Waals surface area (Å²) in [6.07, 6.45) is 0.410. The molecule has 5 aromatic rings. The number of benzene rings is 3. The van der Waals surface area contributed by atoms with Crippen LogP contribution in [-0.2, 0) is 13.0 Å². The molecule has 0 aliphatic carbocycles. The van der Waals surface area contributed by atoms with Gasteiger partial charge in [0.2, 0.25) is 5.75 Å². The van der Waals surface area contributed by atoms with Crippen molar-refractivity contribution in [3.05, 3.63) is 52.4 Å². The van der Waals surface area contributed by atoms with E-state index in [1.54, 1.807) is 24.3 Å². The minimum Gasteiger partial charge on any atom is -0.504 e. The molecule has 0 saturated carbocycles. The molecule has 2 aromatic heterocycles. The molecular formula is C29H25NO9. The monoisotopic (exact) mass is 531 g/mol. The number of aromatic hydroxyl groups is 3. The van der Waals surface area contributed by atoms with Crippen molar-refractivity contribution in [2.45, 2.75) is 13.0 Å². The van der Waals surface area contributed by atoms with Crippen LogP contribution in [0.3, 0.4) is 0 Å². The Morgan fingerprint density at radius 1 is 0.846 bits per heavy atom. The Hall–Kier alpha value is -4.99. The fraction of sp³-hybridized carbons (Fsp3) is 0.207. The Morgan fingerprint density at radius 2 is 1.56 bits per heavy atom. The quantitative estimate of drug-likeness (QED) is 0.274. The van der Waals surface area contributed by atoms with Gasteiger partial charge in [0.1, 0.15) is 11.1 Å². The molecule has 10 nitrogen and oxygen atoms in total. The van der Waals surface area contributed by atoms with E-state index >= 15 is 0 Å². The lowest BCUT2D eigenvalue weighted by molar-refractivity contribution is 0.331. The summed E-state index contributed by atoms with van der Waals surface area (Å²) in [6.45, 7) is 0.364. The highest BCUT2D eigenvalue weighted by Gasteiger charge is 2.32. The number of hydrogen-bond acceptors (Lipinski definition) is 9. The second-order valence-electron chi connectivity index (χ2n) is 9.13. The van der Waals surface area contributed by atoms with Gasteiger partial charge in [-0.05, 0) is 36.2 Å². The van der Waals surface area contributed by atoms with Crippen molar-refractivity contribution < 1.29 is 38.7 Å². The number of hydrogen-bond donors (Lipinski definition) is 3. The van der Waals surface area contributed by atoms with Gasteiger partial charge in [-0.25, -0.2) is 4.79 Å². The van der Waals surface area contributed by atoms with Gasteiger partial charge in [-0.3, -0.25) is 0 Å². The van der Waals surface area contributed by atoms with Crippen molar-refractivity contribution in [1.29, 1.82) is 0 Å². The van der Waals surface area contributed by atoms with Crippen LogP contribution in [0.5, 0.6) is 40.2 Å². The molecule has 39 heavy (non-hydrogen) atoms. The third-order valence-electron chi connectivity index (χ3n) is 7.27. The number of phenolic OH excluding ortho intramolecular Hbond substituents is 3. The molecule has 200 valence electrons. The molecule has 1 aliphatic heterocycles. The van der Waals surface area contributed by atoms with Crippen LogP contribution in [0.25, 0.3) is 44.3 Å². The van der Waals surface area contributed by atoms with Crippen LogP contribution in [0.1, 0.15) is 5.56 Å². The summed E-state index contributed by atoms with van der Waals surface area (Å²) in [7, 11) is 5.83. The number of rotatable bonds is 5. The molecule has 0 saturated heterocycles. The Balaban J connectivity index is 1.86. The Bertz CT molecular complexity index is 1870. The summed E-state index contributed by atoms with van der Waals surface area (Å²) in [4.78, 5) is 13.5. The summed E-state index contributed by atoms with van der Waals surface area (Å²) in [5, 5.41) is 33.0. The van der Waals surface area contributed by atoms with Crippen LogP contribution in [0, 0.1) is 0 Å². The molecule has 0 unspecified atom stereocenters. The number of methoxy groups -OCH3 is 4. The third kappa shape index (κ3) is 3.37. The molecule has 10 heteroatoms. The van der Waals surface area contributed by atoms with Gasteiger partial charge in [0.25, 0.3) is 0 Å². The normalized spacial score (nSPS) is 12.3. The zero-order valence-corrected chi connectivity index (χ0v) is 21.6. The number of nitrogens with zero attached hydrogens (tertiary/aromatic N) is 1. The molecule has 3 aromatic carbocycles. The fourth-order valence-electron chi connectivity index (χ4n) is 5.55. The van der Waals surface area contributed by atoms with Crippen LogP contribution in [0.4, 0.5) is 0 Å². The zero-order valence-electron chi connectivity index (χ0n) is 21.6. The molecule has 3 N–H and O–H groups in total. The number of fused-ring (bicyclic) bond motifs is 7. The first-order valence-corrected chi connectivity index (χ1v) is 12.1. The van der Waals surface area contributed by atoms with Gasteiger partial charge in [0, 0.05) is 40.1 Å². The number of aryl methyl sites for hydroxylation is 1. The summed E-state index contributed by atoms with van der Waals surface area (Å²) < 4.78 is 29.3. The molecule has 3 heterocycles. The van der Waals surface area contributed by atoms with Crippen molar-refractivity contribution in [3.8, 4) is 62.6 Å². The minimum absolute atomic E-state index is 0.0407. The van der Waals surface area contributed by atoms with Crippen LogP contribution >= 0.6 is 0 Å². The predicted molar refractivity (Wildman–Crippen MR) is 144 cm³/mol. The lowest BCUT2D eigenvalue weighted by Gasteiger charge is -2.24. The lowest BCUT2D eigenvalue weighted by atomic mass is 9.91. The smallest absolute Gasteiger partial charge is 0.361 e. The van der Waals surface area contributed by atoms with Crippen molar-refractivity contribution in [2.24, 2.45) is 0 Å². The molecule has 0 radical (unpaired) electrons. The van der Waals surface area contributed by atoms with E-state index in [1.807, 2.05) is 4.57 Å². The molecule has 0 atom stereocenters. The Labute approximate surface area is 221 Å². The molecule has 0 spiro atoms. The average molecular weight is 532 g/mol. The molecule has 0 amide bonds. The first-order valence-electron chi connectivity index (χ1n) is 12.1. The molecular weight excluding hydrogens is 506 g/mol. The maximum atomic E-state index is 13.5. The number of ether oxygens (including phenoxy) is 4. The fourth-order valence-corrected chi connectivity index (χ4v) is 5.55. The van der Waals surface area contributed by atoms with Gasteiger partial charge in [-0.2, -0.15) is 0 Å². The van der Waals surface area contributed by atoms with Crippen molar-refractivity contribution >= 4 is 21.9 Å². The van der Waals surface area contributed by atoms with Gasteiger partial charge < -0.3 is 43.3 Å². The SMILES string of the molecule is COc1cc(-c2c3n(c4c(=O)oc5cc(O)c(OC)cc5c24)CCc2c-3cc(OC)c(OC)c2O)ccc1O. The highest BCUT2D eigenvalue weighted by atomic mass is 16.5. The largest absolute Gasteiger partial charge is 0.504 e. The van der Waals surface area contributed by atoms with E-state index in [1.165, 1.54) is 40.6 Å². The van der Waals surface area contributed by atoms with E-state index in [0.29, 0.717) is 63.0 Å². The first kappa shape index (κ1) is 24.4. The third-order valence-corrected chi connectivity index (χ3v) is 7.27. The van der Waals surface area contributed by atoms with Crippen molar-refractivity contribution in [1.82, 2.24) is 4.57 Å². The maximum absolute atomic E-state index is 13.5. The molecule has 1 aliphatic rings. The van der Waals surface area contributed by atoms with E-state index in [2.05, 4.69) is 0 Å². The first-order chi connectivity index (χ1) is 18.8. The van der Waals surface area contributed by atoms with Gasteiger partial charge in [-0.15, -0.1) is 0 Å². The zero-order chi connectivity index (χ0) is 27.6. The summed E-state index contributed by atoms with van der Waals surface area (Å²) >= 11 is 0. The topological polar surface area (TPSA) is 133 Å². The predicted octanol–water partition coefficient (Wildman–Crippen LogP) is 4.79. The van der Waals surface area contributed by atoms with E-state index < -0.39 is 5.63 Å². The van der Waals surface area contributed by atoms with Crippen LogP contribution < -0.4 is 24.6 Å². The molecule has 0 bridgehead atoms. The van der Waals surface area contributed by atoms with E-state index in [9.17, 15) is 20.1 Å². The lowest BCUT2D eigenvalue weighted by Crippen LogP contribution is -2.15.